The zero-order valence-corrected chi connectivity index (χ0v) is 14.9. The Balaban J connectivity index is 1.58. The average molecular weight is 344 g/mol. The highest BCUT2D eigenvalue weighted by molar-refractivity contribution is 5.94. The Kier molecular flexibility index (Phi) is 4.76. The molecule has 1 aromatic rings. The third-order valence-corrected chi connectivity index (χ3v) is 4.35. The molecule has 0 unspecified atom stereocenters. The molecule has 0 fully saturated rings. The van der Waals surface area contributed by atoms with Crippen molar-refractivity contribution < 1.29 is 14.3 Å². The van der Waals surface area contributed by atoms with Crippen molar-refractivity contribution in [1.29, 1.82) is 0 Å². The number of carbonyl (C=O) groups is 2. The molecule has 7 heteroatoms. The second kappa shape index (κ2) is 6.84. The fourth-order valence-electron chi connectivity index (χ4n) is 2.79. The van der Waals surface area contributed by atoms with Gasteiger partial charge in [-0.15, -0.1) is 0 Å². The molecule has 0 atom stereocenters. The summed E-state index contributed by atoms with van der Waals surface area (Å²) in [5.74, 6) is -0.110. The van der Waals surface area contributed by atoms with Crippen molar-refractivity contribution in [3.05, 3.63) is 35.2 Å². The summed E-state index contributed by atoms with van der Waals surface area (Å²) in [5.41, 5.74) is 3.16. The first-order chi connectivity index (χ1) is 11.8. The van der Waals surface area contributed by atoms with Gasteiger partial charge in [-0.2, -0.15) is 0 Å². The highest BCUT2D eigenvalue weighted by Gasteiger charge is 2.29. The Bertz CT molecular complexity index is 705. The number of ether oxygens (including phenoxy) is 1. The summed E-state index contributed by atoms with van der Waals surface area (Å²) in [4.78, 5) is 30.4. The molecule has 0 radical (unpaired) electrons. The number of hydrogen-bond acceptors (Lipinski definition) is 5. The molecule has 0 aliphatic carbocycles. The Morgan fingerprint density at radius 3 is 2.60 bits per heavy atom. The molecule has 2 N–H and O–H groups in total. The average Bonchev–Trinajstić information content (AvgIpc) is 3.14. The van der Waals surface area contributed by atoms with Gasteiger partial charge in [0.05, 0.1) is 5.69 Å². The van der Waals surface area contributed by atoms with Crippen LogP contribution in [0.15, 0.2) is 29.5 Å². The van der Waals surface area contributed by atoms with Crippen molar-refractivity contribution >= 4 is 17.7 Å². The SMILES string of the molecule is CC(C)(C)C(=O)Nc1cccnc1COC(=O)N1CC2=C(CNC2)C1. The summed E-state index contributed by atoms with van der Waals surface area (Å²) >= 11 is 0. The molecule has 0 spiro atoms. The fraction of sp³-hybridized carbons (Fsp3) is 0.500. The van der Waals surface area contributed by atoms with Gasteiger partial charge in [0.15, 0.2) is 0 Å². The summed E-state index contributed by atoms with van der Waals surface area (Å²) in [6, 6.07) is 3.50. The lowest BCUT2D eigenvalue weighted by atomic mass is 9.95. The van der Waals surface area contributed by atoms with Crippen LogP contribution in [0.3, 0.4) is 0 Å². The Labute approximate surface area is 147 Å². The lowest BCUT2D eigenvalue weighted by molar-refractivity contribution is -0.123. The van der Waals surface area contributed by atoms with E-state index in [0.29, 0.717) is 24.5 Å². The van der Waals surface area contributed by atoms with Crippen LogP contribution in [0.1, 0.15) is 26.5 Å². The van der Waals surface area contributed by atoms with Crippen LogP contribution in [0.4, 0.5) is 10.5 Å². The summed E-state index contributed by atoms with van der Waals surface area (Å²) in [6.45, 7) is 8.49. The highest BCUT2D eigenvalue weighted by atomic mass is 16.6. The molecule has 2 amide bonds. The maximum atomic E-state index is 12.3. The molecule has 7 nitrogen and oxygen atoms in total. The monoisotopic (exact) mass is 344 g/mol. The highest BCUT2D eigenvalue weighted by Crippen LogP contribution is 2.22. The van der Waals surface area contributed by atoms with Gasteiger partial charge < -0.3 is 20.3 Å². The largest absolute Gasteiger partial charge is 0.443 e. The van der Waals surface area contributed by atoms with Crippen molar-refractivity contribution in [1.82, 2.24) is 15.2 Å². The normalized spacial score (nSPS) is 16.8. The van der Waals surface area contributed by atoms with Crippen molar-refractivity contribution in [2.75, 3.05) is 31.5 Å². The predicted octanol–water partition coefficient (Wildman–Crippen LogP) is 1.92. The maximum Gasteiger partial charge on any atom is 0.410 e. The molecular weight excluding hydrogens is 320 g/mol. The van der Waals surface area contributed by atoms with Crippen LogP contribution in [-0.4, -0.2) is 48.1 Å². The first-order valence-electron chi connectivity index (χ1n) is 8.42. The second-order valence-corrected chi connectivity index (χ2v) is 7.42. The number of nitrogens with one attached hydrogen (secondary N) is 2. The maximum absolute atomic E-state index is 12.3. The van der Waals surface area contributed by atoms with Crippen molar-refractivity contribution in [2.24, 2.45) is 5.41 Å². The quantitative estimate of drug-likeness (QED) is 0.819. The van der Waals surface area contributed by atoms with Crippen LogP contribution >= 0.6 is 0 Å². The molecule has 2 aliphatic heterocycles. The molecule has 3 rings (SSSR count). The van der Waals surface area contributed by atoms with Gasteiger partial charge in [0, 0.05) is 37.8 Å². The minimum Gasteiger partial charge on any atom is -0.443 e. The Morgan fingerprint density at radius 2 is 1.96 bits per heavy atom. The van der Waals surface area contributed by atoms with E-state index in [0.717, 1.165) is 13.1 Å². The standard InChI is InChI=1S/C18H24N4O3/c1-18(2,3)16(23)21-14-5-4-6-20-15(14)11-25-17(24)22-9-12-7-19-8-13(12)10-22/h4-6,19H,7-11H2,1-3H3,(H,21,23). The van der Waals surface area contributed by atoms with E-state index in [9.17, 15) is 9.59 Å². The Morgan fingerprint density at radius 1 is 1.28 bits per heavy atom. The zero-order chi connectivity index (χ0) is 18.0. The first-order valence-corrected chi connectivity index (χ1v) is 8.42. The van der Waals surface area contributed by atoms with Gasteiger partial charge in [-0.05, 0) is 23.3 Å². The Hall–Kier alpha value is -2.41. The van der Waals surface area contributed by atoms with Crippen LogP contribution in [-0.2, 0) is 16.1 Å². The molecule has 2 aliphatic rings. The van der Waals surface area contributed by atoms with Gasteiger partial charge in [-0.1, -0.05) is 20.8 Å². The van der Waals surface area contributed by atoms with E-state index in [1.165, 1.54) is 11.1 Å². The van der Waals surface area contributed by atoms with Crippen molar-refractivity contribution in [2.45, 2.75) is 27.4 Å². The molecule has 0 bridgehead atoms. The molecule has 0 saturated carbocycles. The number of rotatable bonds is 3. The van der Waals surface area contributed by atoms with E-state index < -0.39 is 5.41 Å². The third kappa shape index (κ3) is 3.99. The second-order valence-electron chi connectivity index (χ2n) is 7.42. The number of nitrogens with zero attached hydrogens (tertiary/aromatic N) is 2. The van der Waals surface area contributed by atoms with E-state index in [1.807, 2.05) is 20.8 Å². The molecule has 1 aromatic heterocycles. The molecular formula is C18H24N4O3. The predicted molar refractivity (Wildman–Crippen MR) is 94.0 cm³/mol. The van der Waals surface area contributed by atoms with E-state index >= 15 is 0 Å². The summed E-state index contributed by atoms with van der Waals surface area (Å²) < 4.78 is 5.41. The zero-order valence-electron chi connectivity index (χ0n) is 14.9. The molecule has 0 aromatic carbocycles. The number of anilines is 1. The molecule has 0 saturated heterocycles. The van der Waals surface area contributed by atoms with E-state index in [1.54, 1.807) is 23.2 Å². The van der Waals surface area contributed by atoms with Crippen LogP contribution in [0.5, 0.6) is 0 Å². The van der Waals surface area contributed by atoms with Gasteiger partial charge in [-0.25, -0.2) is 4.79 Å². The van der Waals surface area contributed by atoms with Crippen LogP contribution in [0.2, 0.25) is 0 Å². The van der Waals surface area contributed by atoms with Gasteiger partial charge in [0.1, 0.15) is 12.3 Å². The summed E-state index contributed by atoms with van der Waals surface area (Å²) in [5, 5.41) is 6.13. The van der Waals surface area contributed by atoms with Gasteiger partial charge in [0.25, 0.3) is 0 Å². The van der Waals surface area contributed by atoms with E-state index in [4.69, 9.17) is 4.74 Å². The van der Waals surface area contributed by atoms with Crippen LogP contribution in [0.25, 0.3) is 0 Å². The lowest BCUT2D eigenvalue weighted by Crippen LogP contribution is -2.33. The minimum atomic E-state index is -0.514. The van der Waals surface area contributed by atoms with E-state index in [2.05, 4.69) is 15.6 Å². The van der Waals surface area contributed by atoms with Gasteiger partial charge in [0.2, 0.25) is 5.91 Å². The number of hydrogen-bond donors (Lipinski definition) is 2. The first kappa shape index (κ1) is 17.4. The van der Waals surface area contributed by atoms with Crippen LogP contribution in [0, 0.1) is 5.41 Å². The summed E-state index contributed by atoms with van der Waals surface area (Å²) in [7, 11) is 0. The third-order valence-electron chi connectivity index (χ3n) is 4.35. The van der Waals surface area contributed by atoms with E-state index in [-0.39, 0.29) is 18.6 Å². The number of carbonyl (C=O) groups excluding carboxylic acids is 2. The molecule has 25 heavy (non-hydrogen) atoms. The lowest BCUT2D eigenvalue weighted by Gasteiger charge is -2.20. The topological polar surface area (TPSA) is 83.6 Å². The number of amides is 2. The van der Waals surface area contributed by atoms with Gasteiger partial charge >= 0.3 is 6.09 Å². The number of pyridine rings is 1. The van der Waals surface area contributed by atoms with Gasteiger partial charge in [-0.3, -0.25) is 9.78 Å². The number of aromatic nitrogens is 1. The van der Waals surface area contributed by atoms with Crippen molar-refractivity contribution in [3.8, 4) is 0 Å². The smallest absolute Gasteiger partial charge is 0.410 e. The fourth-order valence-corrected chi connectivity index (χ4v) is 2.79. The van der Waals surface area contributed by atoms with Crippen molar-refractivity contribution in [3.63, 3.8) is 0 Å². The molecule has 3 heterocycles. The minimum absolute atomic E-state index is 0.0266. The molecule has 134 valence electrons. The summed E-state index contributed by atoms with van der Waals surface area (Å²) in [6.07, 6.45) is 1.27. The van der Waals surface area contributed by atoms with Crippen LogP contribution < -0.4 is 10.6 Å².